The van der Waals surface area contributed by atoms with Crippen molar-refractivity contribution in [1.82, 2.24) is 10.2 Å². The smallest absolute Gasteiger partial charge is 0.307 e. The van der Waals surface area contributed by atoms with Gasteiger partial charge in [0, 0.05) is 38.8 Å². The van der Waals surface area contributed by atoms with Gasteiger partial charge in [-0.15, -0.1) is 0 Å². The number of carbonyl (C=O) groups excluding carboxylic acids is 5. The average molecular weight is 507 g/mol. The number of unbranched alkanes of at least 4 members (excludes halogenated alkanes) is 2. The molecule has 10 heteroatoms. The second kappa shape index (κ2) is 17.9. The molecule has 0 saturated carbocycles. The molecule has 2 amide bonds. The summed E-state index contributed by atoms with van der Waals surface area (Å²) in [6.45, 7) is 0.389. The molecule has 1 rings (SSSR count). The summed E-state index contributed by atoms with van der Waals surface area (Å²) in [5.41, 5.74) is 0.878. The molecule has 0 aromatic heterocycles. The quantitative estimate of drug-likeness (QED) is 0.193. The van der Waals surface area contributed by atoms with Crippen LogP contribution in [-0.2, 0) is 44.6 Å². The molecule has 1 N–H and O–H groups in total. The maximum atomic E-state index is 13.2. The van der Waals surface area contributed by atoms with E-state index in [4.69, 9.17) is 0 Å². The number of nitrogens with zero attached hydrogens (tertiary/aromatic N) is 1. The molecule has 0 heterocycles. The number of nitrogens with one attached hydrogen (secondary N) is 1. The number of hydrogen-bond acceptors (Lipinski definition) is 8. The Morgan fingerprint density at radius 1 is 0.750 bits per heavy atom. The highest BCUT2D eigenvalue weighted by Crippen LogP contribution is 2.15. The summed E-state index contributed by atoms with van der Waals surface area (Å²) < 4.78 is 13.9. The van der Waals surface area contributed by atoms with Crippen LogP contribution in [0.15, 0.2) is 30.3 Å². The van der Waals surface area contributed by atoms with E-state index >= 15 is 0 Å². The van der Waals surface area contributed by atoms with Crippen LogP contribution in [0.5, 0.6) is 0 Å². The van der Waals surface area contributed by atoms with Crippen LogP contribution in [0.1, 0.15) is 56.9 Å². The second-order valence-electron chi connectivity index (χ2n) is 8.23. The number of esters is 3. The fourth-order valence-electron chi connectivity index (χ4n) is 3.60. The molecule has 1 unspecified atom stereocenters. The van der Waals surface area contributed by atoms with Crippen LogP contribution >= 0.6 is 0 Å². The Labute approximate surface area is 212 Å². The standard InChI is InChI=1S/C26H38N2O8/c1-34-23(30)14-8-5-9-18-28(22(29)13-10-15-24(31)35-2)21(19-20-11-6-4-7-12-20)26(33)27-17-16-25(32)36-3/h4,6-7,11-12,21H,5,8-10,13-19H2,1-3H3,(H,27,33). The first kappa shape index (κ1) is 30.6. The van der Waals surface area contributed by atoms with E-state index in [1.165, 1.54) is 26.2 Å². The second-order valence-corrected chi connectivity index (χ2v) is 8.23. The molecule has 0 aliphatic rings. The summed E-state index contributed by atoms with van der Waals surface area (Å²) in [6.07, 6.45) is 2.92. The van der Waals surface area contributed by atoms with Crippen molar-refractivity contribution in [2.75, 3.05) is 34.4 Å². The van der Waals surface area contributed by atoms with E-state index in [0.29, 0.717) is 32.2 Å². The molecule has 0 radical (unpaired) electrons. The SMILES string of the molecule is COC(=O)CCCCCN(C(=O)CCCC(=O)OC)C(Cc1ccccc1)C(=O)NCCC(=O)OC. The Bertz CT molecular complexity index is 844. The first-order valence-corrected chi connectivity index (χ1v) is 12.1. The normalized spacial score (nSPS) is 11.2. The minimum absolute atomic E-state index is 0.0148. The highest BCUT2D eigenvalue weighted by atomic mass is 16.5. The van der Waals surface area contributed by atoms with Gasteiger partial charge in [-0.05, 0) is 24.8 Å². The molecule has 0 aliphatic carbocycles. The zero-order chi connectivity index (χ0) is 26.8. The van der Waals surface area contributed by atoms with Crippen molar-refractivity contribution < 1.29 is 38.2 Å². The van der Waals surface area contributed by atoms with E-state index in [9.17, 15) is 24.0 Å². The molecular weight excluding hydrogens is 468 g/mol. The summed E-state index contributed by atoms with van der Waals surface area (Å²) in [5, 5.41) is 2.74. The lowest BCUT2D eigenvalue weighted by atomic mass is 10.0. The lowest BCUT2D eigenvalue weighted by Crippen LogP contribution is -2.51. The third kappa shape index (κ3) is 12.3. The van der Waals surface area contributed by atoms with Gasteiger partial charge in [-0.2, -0.15) is 0 Å². The first-order chi connectivity index (χ1) is 17.3. The van der Waals surface area contributed by atoms with Gasteiger partial charge in [-0.3, -0.25) is 24.0 Å². The van der Waals surface area contributed by atoms with E-state index in [-0.39, 0.29) is 56.4 Å². The van der Waals surface area contributed by atoms with Gasteiger partial charge in [0.1, 0.15) is 6.04 Å². The molecule has 1 aromatic carbocycles. The number of carbonyl (C=O) groups is 5. The fourth-order valence-corrected chi connectivity index (χ4v) is 3.60. The number of methoxy groups -OCH3 is 3. The lowest BCUT2D eigenvalue weighted by Gasteiger charge is -2.31. The maximum absolute atomic E-state index is 13.2. The highest BCUT2D eigenvalue weighted by Gasteiger charge is 2.29. The molecule has 1 atom stereocenters. The van der Waals surface area contributed by atoms with Crippen LogP contribution < -0.4 is 5.32 Å². The van der Waals surface area contributed by atoms with E-state index in [1.54, 1.807) is 0 Å². The highest BCUT2D eigenvalue weighted by molar-refractivity contribution is 5.88. The molecule has 0 aliphatic heterocycles. The lowest BCUT2D eigenvalue weighted by molar-refractivity contribution is -0.143. The summed E-state index contributed by atoms with van der Waals surface area (Å²) in [4.78, 5) is 62.3. The Balaban J connectivity index is 3.00. The first-order valence-electron chi connectivity index (χ1n) is 12.1. The van der Waals surface area contributed by atoms with Crippen LogP contribution in [0, 0.1) is 0 Å². The van der Waals surface area contributed by atoms with Crippen LogP contribution in [0.3, 0.4) is 0 Å². The Kier molecular flexibility index (Phi) is 15.2. The molecule has 0 fully saturated rings. The van der Waals surface area contributed by atoms with Gasteiger partial charge < -0.3 is 24.4 Å². The largest absolute Gasteiger partial charge is 0.469 e. The zero-order valence-corrected chi connectivity index (χ0v) is 21.5. The van der Waals surface area contributed by atoms with Gasteiger partial charge in [0.15, 0.2) is 0 Å². The van der Waals surface area contributed by atoms with Crippen molar-refractivity contribution in [1.29, 1.82) is 0 Å². The zero-order valence-electron chi connectivity index (χ0n) is 21.5. The number of benzene rings is 1. The van der Waals surface area contributed by atoms with Crippen molar-refractivity contribution in [3.05, 3.63) is 35.9 Å². The van der Waals surface area contributed by atoms with Crippen molar-refractivity contribution in [2.24, 2.45) is 0 Å². The van der Waals surface area contributed by atoms with Gasteiger partial charge in [0.2, 0.25) is 11.8 Å². The van der Waals surface area contributed by atoms with E-state index in [2.05, 4.69) is 19.5 Å². The molecule has 0 saturated heterocycles. The molecule has 36 heavy (non-hydrogen) atoms. The molecule has 0 spiro atoms. The Morgan fingerprint density at radius 2 is 1.33 bits per heavy atom. The molecule has 1 aromatic rings. The van der Waals surface area contributed by atoms with E-state index in [0.717, 1.165) is 5.56 Å². The van der Waals surface area contributed by atoms with Gasteiger partial charge in [-0.1, -0.05) is 36.8 Å². The summed E-state index contributed by atoms with van der Waals surface area (Å²) in [7, 11) is 3.90. The Morgan fingerprint density at radius 3 is 1.94 bits per heavy atom. The molecule has 10 nitrogen and oxygen atoms in total. The van der Waals surface area contributed by atoms with Crippen LogP contribution in [0.25, 0.3) is 0 Å². The van der Waals surface area contributed by atoms with E-state index in [1.807, 2.05) is 30.3 Å². The summed E-state index contributed by atoms with van der Waals surface area (Å²) >= 11 is 0. The third-order valence-electron chi connectivity index (χ3n) is 5.63. The number of rotatable bonds is 17. The van der Waals surface area contributed by atoms with Crippen LogP contribution in [0.2, 0.25) is 0 Å². The predicted molar refractivity (Wildman–Crippen MR) is 132 cm³/mol. The number of ether oxygens (including phenoxy) is 3. The van der Waals surface area contributed by atoms with Gasteiger partial charge >= 0.3 is 17.9 Å². The number of hydrogen-bond donors (Lipinski definition) is 1. The molecule has 200 valence electrons. The Hall–Kier alpha value is -3.43. The number of amides is 2. The maximum Gasteiger partial charge on any atom is 0.307 e. The van der Waals surface area contributed by atoms with Crippen molar-refractivity contribution >= 4 is 29.7 Å². The summed E-state index contributed by atoms with van der Waals surface area (Å²) in [5.74, 6) is -1.78. The van der Waals surface area contributed by atoms with Gasteiger partial charge in [0.25, 0.3) is 0 Å². The molecular formula is C26H38N2O8. The van der Waals surface area contributed by atoms with Crippen molar-refractivity contribution in [3.8, 4) is 0 Å². The van der Waals surface area contributed by atoms with Gasteiger partial charge in [0.05, 0.1) is 27.8 Å². The van der Waals surface area contributed by atoms with Crippen molar-refractivity contribution in [3.63, 3.8) is 0 Å². The average Bonchev–Trinajstić information content (AvgIpc) is 2.89. The minimum Gasteiger partial charge on any atom is -0.469 e. The summed E-state index contributed by atoms with van der Waals surface area (Å²) in [6, 6.07) is 8.53. The third-order valence-corrected chi connectivity index (χ3v) is 5.63. The minimum atomic E-state index is -0.809. The van der Waals surface area contributed by atoms with E-state index < -0.39 is 18.0 Å². The monoisotopic (exact) mass is 506 g/mol. The molecule has 0 bridgehead atoms. The van der Waals surface area contributed by atoms with Crippen LogP contribution in [0.4, 0.5) is 0 Å². The fraction of sp³-hybridized carbons (Fsp3) is 0.577. The van der Waals surface area contributed by atoms with Gasteiger partial charge in [-0.25, -0.2) is 0 Å². The van der Waals surface area contributed by atoms with Crippen molar-refractivity contribution in [2.45, 2.75) is 63.8 Å². The predicted octanol–water partition coefficient (Wildman–Crippen LogP) is 2.18. The topological polar surface area (TPSA) is 128 Å². The van der Waals surface area contributed by atoms with Crippen LogP contribution in [-0.4, -0.2) is 75.1 Å².